The standard InChI is InChI=1S/C46H60N12O9/c1-3-26(2)40-46(67)57-25-30(58-24-29(55-56-58)17-16-27-11-5-4-6-12-27)20-37(57)45(66)53-35(19-28-23-50-33-14-8-7-13-31(28)33)43(64)51-34(41(48)62)15-9-10-18-49-38(59)21-32(47)42(63)52-36(22-39(60)61)44(65)54-40/h4-8,11-14,23-24,26,30,32,34-37,40,50H,3,9-10,15-22,25,47H2,1-2H3,(H2,48,62)(H,49,59)(H,51,64)(H,52,63)(H,53,66)(H,54,65)(H,60,61)/t26-,30?,32?,34?,35-,36?,37-,40-/m0/s1. The van der Waals surface area contributed by atoms with E-state index in [2.05, 4.69) is 41.9 Å². The summed E-state index contributed by atoms with van der Waals surface area (Å²) in [5.41, 5.74) is 15.1. The van der Waals surface area contributed by atoms with Crippen LogP contribution in [0.3, 0.4) is 0 Å². The van der Waals surface area contributed by atoms with Crippen LogP contribution in [-0.2, 0) is 57.6 Å². The Morgan fingerprint density at radius 3 is 2.33 bits per heavy atom. The molecule has 0 bridgehead atoms. The van der Waals surface area contributed by atoms with Crippen LogP contribution in [0.4, 0.5) is 0 Å². The molecule has 21 nitrogen and oxygen atoms in total. The molecular formula is C46H60N12O9. The van der Waals surface area contributed by atoms with Gasteiger partial charge in [0.2, 0.25) is 41.4 Å². The Balaban J connectivity index is 1.36. The largest absolute Gasteiger partial charge is 0.481 e. The van der Waals surface area contributed by atoms with Crippen LogP contribution in [0.15, 0.2) is 67.0 Å². The minimum atomic E-state index is -1.70. The summed E-state index contributed by atoms with van der Waals surface area (Å²) in [6.45, 7) is 3.52. The van der Waals surface area contributed by atoms with Crippen LogP contribution in [-0.4, -0.2) is 127 Å². The van der Waals surface area contributed by atoms with E-state index in [1.54, 1.807) is 30.9 Å². The number of carbonyl (C=O) groups is 8. The number of benzene rings is 2. The fourth-order valence-electron chi connectivity index (χ4n) is 8.42. The highest BCUT2D eigenvalue weighted by Gasteiger charge is 2.45. The third-order valence-electron chi connectivity index (χ3n) is 12.5. The first-order valence-corrected chi connectivity index (χ1v) is 22.7. The van der Waals surface area contributed by atoms with E-state index in [-0.39, 0.29) is 32.4 Å². The highest BCUT2D eigenvalue weighted by molar-refractivity contribution is 5.98. The number of nitrogens with two attached hydrogens (primary N) is 2. The fourth-order valence-corrected chi connectivity index (χ4v) is 8.42. The molecule has 0 saturated carbocycles. The van der Waals surface area contributed by atoms with Gasteiger partial charge in [0.25, 0.3) is 0 Å². The summed E-state index contributed by atoms with van der Waals surface area (Å²) in [5, 5.41) is 32.5. The molecule has 11 N–H and O–H groups in total. The molecule has 6 rings (SSSR count). The Hall–Kier alpha value is -7.16. The molecule has 7 amide bonds. The summed E-state index contributed by atoms with van der Waals surface area (Å²) in [4.78, 5) is 113. The van der Waals surface area contributed by atoms with E-state index < -0.39 is 108 Å². The number of aliphatic carboxylic acids is 1. The van der Waals surface area contributed by atoms with Crippen molar-refractivity contribution in [2.45, 2.75) is 120 Å². The number of hydrogen-bond donors (Lipinski definition) is 9. The molecule has 2 aromatic heterocycles. The predicted molar refractivity (Wildman–Crippen MR) is 243 cm³/mol. The quantitative estimate of drug-likeness (QED) is 0.0953. The second-order valence-corrected chi connectivity index (χ2v) is 17.3. The number of hydrogen-bond acceptors (Lipinski definition) is 11. The number of aryl methyl sites for hydroxylation is 2. The topological polar surface area (TPSA) is 319 Å². The molecule has 2 saturated heterocycles. The highest BCUT2D eigenvalue weighted by Crippen LogP contribution is 2.30. The lowest BCUT2D eigenvalue weighted by atomic mass is 9.96. The zero-order valence-electron chi connectivity index (χ0n) is 37.6. The second-order valence-electron chi connectivity index (χ2n) is 17.3. The van der Waals surface area contributed by atoms with Crippen molar-refractivity contribution in [3.8, 4) is 0 Å². The molecule has 67 heavy (non-hydrogen) atoms. The lowest BCUT2D eigenvalue weighted by molar-refractivity contribution is -0.144. The van der Waals surface area contributed by atoms with Gasteiger partial charge in [-0.3, -0.25) is 38.4 Å². The number of fused-ring (bicyclic) bond motifs is 2. The zero-order chi connectivity index (χ0) is 48.2. The van der Waals surface area contributed by atoms with E-state index in [4.69, 9.17) is 11.5 Å². The van der Waals surface area contributed by atoms with Crippen LogP contribution in [0.2, 0.25) is 0 Å². The van der Waals surface area contributed by atoms with E-state index in [0.717, 1.165) is 16.5 Å². The van der Waals surface area contributed by atoms with Gasteiger partial charge in [0, 0.05) is 49.2 Å². The number of rotatable bonds is 11. The number of para-hydroxylation sites is 1. The number of nitrogens with zero attached hydrogens (tertiary/aromatic N) is 4. The minimum Gasteiger partial charge on any atom is -0.481 e. The molecule has 8 atom stereocenters. The molecule has 0 radical (unpaired) electrons. The van der Waals surface area contributed by atoms with E-state index in [9.17, 15) is 43.5 Å². The van der Waals surface area contributed by atoms with Gasteiger partial charge in [-0.25, -0.2) is 4.68 Å². The Bertz CT molecular complexity index is 2420. The zero-order valence-corrected chi connectivity index (χ0v) is 37.6. The fraction of sp³-hybridized carbons (Fsp3) is 0.478. The average Bonchev–Trinajstić information content (AvgIpc) is 4.08. The van der Waals surface area contributed by atoms with Crippen molar-refractivity contribution in [1.82, 2.24) is 51.5 Å². The van der Waals surface area contributed by atoms with Crippen molar-refractivity contribution in [2.24, 2.45) is 17.4 Å². The monoisotopic (exact) mass is 924 g/mol. The van der Waals surface area contributed by atoms with Crippen molar-refractivity contribution in [2.75, 3.05) is 13.1 Å². The number of nitrogens with one attached hydrogen (secondary N) is 6. The summed E-state index contributed by atoms with van der Waals surface area (Å²) in [6.07, 6.45) is 4.46. The van der Waals surface area contributed by atoms with Crippen LogP contribution >= 0.6 is 0 Å². The number of carboxylic acid groups (broad SMARTS) is 1. The van der Waals surface area contributed by atoms with Crippen LogP contribution < -0.4 is 38.1 Å². The summed E-state index contributed by atoms with van der Waals surface area (Å²) in [5.74, 6) is -7.51. The maximum Gasteiger partial charge on any atom is 0.305 e. The van der Waals surface area contributed by atoms with Gasteiger partial charge in [0.1, 0.15) is 30.2 Å². The Labute approximate surface area is 386 Å². The third kappa shape index (κ3) is 13.0. The molecule has 2 fully saturated rings. The Morgan fingerprint density at radius 1 is 0.881 bits per heavy atom. The first kappa shape index (κ1) is 49.3. The summed E-state index contributed by atoms with van der Waals surface area (Å²) >= 11 is 0. The summed E-state index contributed by atoms with van der Waals surface area (Å²) in [7, 11) is 0. The van der Waals surface area contributed by atoms with Crippen LogP contribution in [0.1, 0.15) is 81.7 Å². The highest BCUT2D eigenvalue weighted by atomic mass is 16.4. The first-order valence-electron chi connectivity index (χ1n) is 22.7. The van der Waals surface area contributed by atoms with Crippen molar-refractivity contribution in [1.29, 1.82) is 0 Å². The van der Waals surface area contributed by atoms with Gasteiger partial charge < -0.3 is 53.0 Å². The maximum atomic E-state index is 15.0. The number of carboxylic acids is 1. The van der Waals surface area contributed by atoms with Crippen molar-refractivity contribution >= 4 is 58.2 Å². The van der Waals surface area contributed by atoms with E-state index in [1.807, 2.05) is 54.6 Å². The van der Waals surface area contributed by atoms with Gasteiger partial charge in [0.05, 0.1) is 30.6 Å². The molecule has 0 spiro atoms. The van der Waals surface area contributed by atoms with E-state index in [0.29, 0.717) is 43.4 Å². The van der Waals surface area contributed by atoms with Gasteiger partial charge in [-0.2, -0.15) is 0 Å². The average molecular weight is 925 g/mol. The SMILES string of the molecule is CC[C@H](C)[C@@H]1NC(=O)C(CC(=O)O)NC(=O)C(N)CC(=O)NCCCCC(C(N)=O)NC(=O)[C@H](Cc2c[nH]c3ccccc23)NC(=O)[C@@H]2CC(n3cc(CCc4ccccc4)nn3)CN2C1=O. The number of aromatic nitrogens is 4. The smallest absolute Gasteiger partial charge is 0.305 e. The molecule has 21 heteroatoms. The van der Waals surface area contributed by atoms with Gasteiger partial charge >= 0.3 is 5.97 Å². The maximum absolute atomic E-state index is 15.0. The van der Waals surface area contributed by atoms with Gasteiger partial charge in [-0.15, -0.1) is 5.10 Å². The van der Waals surface area contributed by atoms with Crippen molar-refractivity contribution in [3.05, 3.63) is 83.8 Å². The van der Waals surface area contributed by atoms with Crippen LogP contribution in [0, 0.1) is 5.92 Å². The molecule has 4 aromatic rings. The number of aromatic amines is 1. The normalized spacial score (nSPS) is 24.7. The molecular weight excluding hydrogens is 865 g/mol. The molecule has 4 heterocycles. The number of H-pyrrole nitrogens is 1. The summed E-state index contributed by atoms with van der Waals surface area (Å²) < 4.78 is 1.59. The molecule has 2 aliphatic rings. The predicted octanol–water partition coefficient (Wildman–Crippen LogP) is -0.108. The van der Waals surface area contributed by atoms with Gasteiger partial charge in [-0.1, -0.05) is 74.0 Å². The van der Waals surface area contributed by atoms with E-state index in [1.165, 1.54) is 4.90 Å². The number of primary amides is 1. The first-order chi connectivity index (χ1) is 32.1. The minimum absolute atomic E-state index is 0.0217. The van der Waals surface area contributed by atoms with Gasteiger partial charge in [-0.05, 0) is 55.2 Å². The molecule has 0 aliphatic carbocycles. The second kappa shape index (κ2) is 22.8. The molecule has 2 aliphatic heterocycles. The molecule has 4 unspecified atom stereocenters. The van der Waals surface area contributed by atoms with E-state index >= 15 is 0 Å². The van der Waals surface area contributed by atoms with Gasteiger partial charge in [0.15, 0.2) is 0 Å². The van der Waals surface area contributed by atoms with Crippen LogP contribution in [0.5, 0.6) is 0 Å². The lowest BCUT2D eigenvalue weighted by Gasteiger charge is -2.33. The third-order valence-corrected chi connectivity index (χ3v) is 12.5. The number of carbonyl (C=O) groups excluding carboxylic acids is 7. The van der Waals surface area contributed by atoms with Crippen LogP contribution in [0.25, 0.3) is 10.9 Å². The lowest BCUT2D eigenvalue weighted by Crippen LogP contribution is -2.60. The Morgan fingerprint density at radius 2 is 1.60 bits per heavy atom. The summed E-state index contributed by atoms with van der Waals surface area (Å²) in [6, 6.07) is 8.48. The molecule has 358 valence electrons. The van der Waals surface area contributed by atoms with Crippen molar-refractivity contribution < 1.29 is 43.5 Å². The van der Waals surface area contributed by atoms with Crippen molar-refractivity contribution in [3.63, 3.8) is 0 Å². The molecule has 2 aromatic carbocycles. The Kier molecular flexibility index (Phi) is 16.8. The number of amides is 7.